The van der Waals surface area contributed by atoms with Gasteiger partial charge in [-0.05, 0) is 32.4 Å². The van der Waals surface area contributed by atoms with Crippen LogP contribution in [-0.2, 0) is 25.5 Å². The number of Topliss-reactive ketones (excluding diaryl/α,β-unsaturated/α-hetero) is 1. The van der Waals surface area contributed by atoms with Gasteiger partial charge in [0.15, 0.2) is 10.9 Å². The Morgan fingerprint density at radius 1 is 1.16 bits per heavy atom. The second-order valence-electron chi connectivity index (χ2n) is 9.79. The van der Waals surface area contributed by atoms with Crippen LogP contribution in [0, 0.1) is 0 Å². The van der Waals surface area contributed by atoms with Crippen molar-refractivity contribution in [3.63, 3.8) is 0 Å². The number of allylic oxidation sites excluding steroid dienone is 3. The highest BCUT2D eigenvalue weighted by atomic mass is 32.1. The van der Waals surface area contributed by atoms with Gasteiger partial charge in [-0.3, -0.25) is 24.2 Å². The molecule has 0 saturated carbocycles. The zero-order chi connectivity index (χ0) is 33.0. The van der Waals surface area contributed by atoms with E-state index in [1.165, 1.54) is 11.3 Å². The molecule has 1 aliphatic heterocycles. The van der Waals surface area contributed by atoms with Gasteiger partial charge in [-0.1, -0.05) is 48.9 Å². The Morgan fingerprint density at radius 2 is 1.93 bits per heavy atom. The van der Waals surface area contributed by atoms with Crippen molar-refractivity contribution in [2.24, 2.45) is 4.99 Å². The molecule has 1 aliphatic rings. The molecule has 2 atom stereocenters. The van der Waals surface area contributed by atoms with E-state index in [-0.39, 0.29) is 17.6 Å². The van der Waals surface area contributed by atoms with E-state index >= 15 is 0 Å². The summed E-state index contributed by atoms with van der Waals surface area (Å²) in [7, 11) is 0. The van der Waals surface area contributed by atoms with Crippen LogP contribution >= 0.6 is 11.3 Å². The number of hydrogen-bond donors (Lipinski definition) is 4. The zero-order valence-electron chi connectivity index (χ0n) is 26.6. The number of thiazole rings is 1. The summed E-state index contributed by atoms with van der Waals surface area (Å²) in [6.07, 6.45) is 11.2. The molecule has 2 aromatic heterocycles. The number of aliphatic imine (C=N–C) groups is 1. The third-order valence-corrected chi connectivity index (χ3v) is 7.37. The molecular formula is C33H44N6O5S. The molecule has 4 N–H and O–H groups in total. The van der Waals surface area contributed by atoms with Gasteiger partial charge < -0.3 is 25.7 Å². The van der Waals surface area contributed by atoms with Crippen LogP contribution in [0.1, 0.15) is 62.8 Å². The fourth-order valence-corrected chi connectivity index (χ4v) is 4.93. The Hall–Kier alpha value is -4.58. The number of para-hydroxylation sites is 1. The van der Waals surface area contributed by atoms with Crippen molar-refractivity contribution >= 4 is 52.1 Å². The van der Waals surface area contributed by atoms with Crippen LogP contribution in [0.15, 0.2) is 70.8 Å². The number of fused-ring (bicyclic) bond motifs is 1. The molecule has 3 heterocycles. The molecule has 1 aromatic carbocycles. The second kappa shape index (κ2) is 20.4. The van der Waals surface area contributed by atoms with Gasteiger partial charge in [0.2, 0.25) is 24.0 Å². The number of amides is 3. The van der Waals surface area contributed by atoms with Crippen LogP contribution in [0.3, 0.4) is 0 Å². The van der Waals surface area contributed by atoms with Crippen molar-refractivity contribution in [1.82, 2.24) is 25.9 Å². The summed E-state index contributed by atoms with van der Waals surface area (Å²) in [6.45, 7) is 11.5. The first-order chi connectivity index (χ1) is 21.8. The van der Waals surface area contributed by atoms with Crippen molar-refractivity contribution in [1.29, 1.82) is 0 Å². The number of carbonyl (C=O) groups is 4. The minimum atomic E-state index is -0.604. The van der Waals surface area contributed by atoms with Crippen LogP contribution in [0.5, 0.6) is 0 Å². The molecule has 0 radical (unpaired) electrons. The van der Waals surface area contributed by atoms with E-state index in [1.54, 1.807) is 18.5 Å². The van der Waals surface area contributed by atoms with E-state index in [0.29, 0.717) is 37.2 Å². The smallest absolute Gasteiger partial charge is 0.242 e. The van der Waals surface area contributed by atoms with Gasteiger partial charge in [-0.2, -0.15) is 0 Å². The summed E-state index contributed by atoms with van der Waals surface area (Å²) in [5, 5.41) is 11.3. The average Bonchev–Trinajstić information content (AvgIpc) is 3.84. The predicted octanol–water partition coefficient (Wildman–Crippen LogP) is 4.53. The van der Waals surface area contributed by atoms with Gasteiger partial charge in [-0.25, -0.2) is 4.98 Å². The molecule has 242 valence electrons. The molecule has 11 nitrogen and oxygen atoms in total. The highest BCUT2D eigenvalue weighted by Gasteiger charge is 2.23. The van der Waals surface area contributed by atoms with E-state index in [4.69, 9.17) is 4.74 Å². The second-order valence-corrected chi connectivity index (χ2v) is 10.7. The first kappa shape index (κ1) is 36.6. The number of aromatic amines is 1. The maximum absolute atomic E-state index is 12.4. The SMILES string of the molecule is C/C=C\C(=C/C)CC(NC(=O)CC)C(=O)NCC.CC1=NCCO1.O=CNC(Cc1c[nH]c2ccccc12)C(=O)c1nccs1. The van der Waals surface area contributed by atoms with Crippen LogP contribution in [0.25, 0.3) is 10.9 Å². The number of likely N-dealkylation sites (N-methyl/N-ethyl adjacent to an activating group) is 1. The molecule has 3 aromatic rings. The lowest BCUT2D eigenvalue weighted by atomic mass is 10.0. The summed E-state index contributed by atoms with van der Waals surface area (Å²) < 4.78 is 4.90. The van der Waals surface area contributed by atoms with E-state index in [9.17, 15) is 19.2 Å². The molecule has 0 aliphatic carbocycles. The van der Waals surface area contributed by atoms with Crippen molar-refractivity contribution in [3.8, 4) is 0 Å². The monoisotopic (exact) mass is 636 g/mol. The topological polar surface area (TPSA) is 155 Å². The Kier molecular flexibility index (Phi) is 16.6. The number of nitrogens with zero attached hydrogens (tertiary/aromatic N) is 2. The molecule has 2 unspecified atom stereocenters. The van der Waals surface area contributed by atoms with E-state index in [1.807, 2.05) is 76.4 Å². The number of ketones is 1. The Bertz CT molecular complexity index is 1460. The molecular weight excluding hydrogens is 592 g/mol. The summed E-state index contributed by atoms with van der Waals surface area (Å²) in [5.41, 5.74) is 3.04. The molecule has 3 amide bonds. The quantitative estimate of drug-likeness (QED) is 0.123. The highest BCUT2D eigenvalue weighted by Crippen LogP contribution is 2.20. The largest absolute Gasteiger partial charge is 0.479 e. The lowest BCUT2D eigenvalue weighted by Crippen LogP contribution is -2.46. The van der Waals surface area contributed by atoms with Crippen molar-refractivity contribution in [2.45, 2.75) is 66.0 Å². The first-order valence-electron chi connectivity index (χ1n) is 14.9. The van der Waals surface area contributed by atoms with Gasteiger partial charge in [0.1, 0.15) is 12.6 Å². The van der Waals surface area contributed by atoms with Crippen LogP contribution in [-0.4, -0.2) is 71.7 Å². The van der Waals surface area contributed by atoms with Crippen molar-refractivity contribution < 1.29 is 23.9 Å². The third-order valence-electron chi connectivity index (χ3n) is 6.58. The third kappa shape index (κ3) is 12.5. The normalized spacial score (nSPS) is 13.7. The summed E-state index contributed by atoms with van der Waals surface area (Å²) in [5.74, 6) is 0.419. The first-order valence-corrected chi connectivity index (χ1v) is 15.8. The summed E-state index contributed by atoms with van der Waals surface area (Å²) in [4.78, 5) is 57.6. The number of ether oxygens (including phenoxy) is 1. The number of aromatic nitrogens is 2. The lowest BCUT2D eigenvalue weighted by molar-refractivity contribution is -0.128. The van der Waals surface area contributed by atoms with Crippen LogP contribution < -0.4 is 16.0 Å². The van der Waals surface area contributed by atoms with Gasteiger partial charge in [0.25, 0.3) is 0 Å². The van der Waals surface area contributed by atoms with Gasteiger partial charge in [0.05, 0.1) is 12.6 Å². The molecule has 0 fully saturated rings. The van der Waals surface area contributed by atoms with Crippen LogP contribution in [0.2, 0.25) is 0 Å². The minimum absolute atomic E-state index is 0.109. The number of nitrogens with one attached hydrogen (secondary N) is 4. The fourth-order valence-electron chi connectivity index (χ4n) is 4.30. The van der Waals surface area contributed by atoms with Crippen molar-refractivity contribution in [2.75, 3.05) is 19.7 Å². The van der Waals surface area contributed by atoms with E-state index in [2.05, 4.69) is 30.9 Å². The average molecular weight is 637 g/mol. The molecule has 45 heavy (non-hydrogen) atoms. The van der Waals surface area contributed by atoms with Crippen molar-refractivity contribution in [3.05, 3.63) is 76.4 Å². The summed E-state index contributed by atoms with van der Waals surface area (Å²) in [6, 6.07) is 6.76. The minimum Gasteiger partial charge on any atom is -0.479 e. The predicted molar refractivity (Wildman–Crippen MR) is 179 cm³/mol. The maximum Gasteiger partial charge on any atom is 0.242 e. The number of hydrogen-bond acceptors (Lipinski definition) is 8. The standard InChI is InChI=1S/C15H13N3O2S.C14H24N2O2.C4H7NO/c19-9-18-13(14(20)15-16-5-6-21-15)7-10-8-17-12-4-2-1-3-11(10)12;1-5-9-11(6-2)10-12(14(18)15-8-4)16-13(17)7-3;1-4-5-2-3-6-4/h1-6,8-9,13,17H,7H2,(H,18,19);5-6,9,12H,7-8,10H2,1-4H3,(H,15,18)(H,16,17);2-3H2,1H3/b;9-5-,11-6+;. The molecule has 4 rings (SSSR count). The Labute approximate surface area is 268 Å². The molecule has 12 heteroatoms. The lowest BCUT2D eigenvalue weighted by Gasteiger charge is -2.18. The molecule has 0 saturated heterocycles. The zero-order valence-corrected chi connectivity index (χ0v) is 27.4. The van der Waals surface area contributed by atoms with Crippen LogP contribution in [0.4, 0.5) is 0 Å². The number of rotatable bonds is 13. The Balaban J connectivity index is 0.000000267. The maximum atomic E-state index is 12.4. The number of H-pyrrole nitrogens is 1. The summed E-state index contributed by atoms with van der Waals surface area (Å²) >= 11 is 1.28. The van der Waals surface area contributed by atoms with Gasteiger partial charge in [0, 0.05) is 61.4 Å². The van der Waals surface area contributed by atoms with Gasteiger partial charge >= 0.3 is 0 Å². The van der Waals surface area contributed by atoms with E-state index < -0.39 is 12.1 Å². The van der Waals surface area contributed by atoms with Gasteiger partial charge in [-0.15, -0.1) is 11.3 Å². The molecule has 0 spiro atoms. The number of carbonyl (C=O) groups excluding carboxylic acids is 4. The Morgan fingerprint density at radius 3 is 2.49 bits per heavy atom. The number of benzene rings is 1. The van der Waals surface area contributed by atoms with E-state index in [0.717, 1.165) is 41.1 Å². The highest BCUT2D eigenvalue weighted by molar-refractivity contribution is 7.11. The fraction of sp³-hybridized carbons (Fsp3) is 0.394. The molecule has 0 bridgehead atoms.